The van der Waals surface area contributed by atoms with Crippen LogP contribution in [0.3, 0.4) is 0 Å². The standard InChI is InChI=1S/C16H23NO4/c1-4-11(2)15(16(19)20)17-14(18)9-10-21-13-8-6-5-7-12(13)3/h5-8,11,15H,4,9-10H2,1-3H3,(H,17,18)(H,19,20)/t11-,15-/m0/s1. The fraction of sp³-hybridized carbons (Fsp3) is 0.500. The SMILES string of the molecule is CC[C@H](C)[C@H](NC(=O)CCOc1ccccc1C)C(=O)O. The van der Waals surface area contributed by atoms with Crippen molar-refractivity contribution in [2.45, 2.75) is 39.7 Å². The van der Waals surface area contributed by atoms with E-state index in [1.807, 2.05) is 45.0 Å². The molecule has 116 valence electrons. The number of hydrogen-bond acceptors (Lipinski definition) is 3. The molecule has 0 saturated heterocycles. The number of ether oxygens (including phenoxy) is 1. The number of nitrogens with one attached hydrogen (secondary N) is 1. The van der Waals surface area contributed by atoms with Crippen molar-refractivity contribution in [3.63, 3.8) is 0 Å². The molecule has 0 unspecified atom stereocenters. The predicted octanol–water partition coefficient (Wildman–Crippen LogP) is 2.38. The Bertz CT molecular complexity index is 487. The summed E-state index contributed by atoms with van der Waals surface area (Å²) in [4.78, 5) is 22.9. The summed E-state index contributed by atoms with van der Waals surface area (Å²) in [6.45, 7) is 5.86. The minimum absolute atomic E-state index is 0.108. The lowest BCUT2D eigenvalue weighted by Gasteiger charge is -2.20. The summed E-state index contributed by atoms with van der Waals surface area (Å²) in [7, 11) is 0. The molecule has 0 fully saturated rings. The van der Waals surface area contributed by atoms with Gasteiger partial charge < -0.3 is 15.2 Å². The van der Waals surface area contributed by atoms with Crippen molar-refractivity contribution in [1.82, 2.24) is 5.32 Å². The highest BCUT2D eigenvalue weighted by atomic mass is 16.5. The maximum Gasteiger partial charge on any atom is 0.326 e. The molecule has 2 atom stereocenters. The Morgan fingerprint density at radius 1 is 1.33 bits per heavy atom. The Morgan fingerprint density at radius 2 is 2.00 bits per heavy atom. The van der Waals surface area contributed by atoms with E-state index in [0.29, 0.717) is 6.42 Å². The van der Waals surface area contributed by atoms with Gasteiger partial charge in [-0.1, -0.05) is 38.5 Å². The zero-order valence-corrected chi connectivity index (χ0v) is 12.8. The molecule has 1 aromatic carbocycles. The van der Waals surface area contributed by atoms with Crippen molar-refractivity contribution >= 4 is 11.9 Å². The van der Waals surface area contributed by atoms with E-state index < -0.39 is 12.0 Å². The molecule has 0 saturated carbocycles. The van der Waals surface area contributed by atoms with Gasteiger partial charge in [0.05, 0.1) is 13.0 Å². The van der Waals surface area contributed by atoms with Crippen molar-refractivity contribution in [3.8, 4) is 5.75 Å². The first-order chi connectivity index (χ1) is 9.95. The van der Waals surface area contributed by atoms with E-state index in [1.54, 1.807) is 0 Å². The quantitative estimate of drug-likeness (QED) is 0.771. The molecule has 0 bridgehead atoms. The fourth-order valence-corrected chi connectivity index (χ4v) is 1.90. The lowest BCUT2D eigenvalue weighted by atomic mass is 9.99. The zero-order valence-electron chi connectivity index (χ0n) is 12.8. The van der Waals surface area contributed by atoms with E-state index in [4.69, 9.17) is 9.84 Å². The number of para-hydroxylation sites is 1. The normalized spacial score (nSPS) is 13.3. The maximum absolute atomic E-state index is 11.8. The second-order valence-electron chi connectivity index (χ2n) is 5.13. The summed E-state index contributed by atoms with van der Waals surface area (Å²) in [5, 5.41) is 11.7. The number of carboxylic acid groups (broad SMARTS) is 1. The first-order valence-electron chi connectivity index (χ1n) is 7.16. The summed E-state index contributed by atoms with van der Waals surface area (Å²) in [5.74, 6) is -0.681. The average molecular weight is 293 g/mol. The molecule has 0 heterocycles. The summed E-state index contributed by atoms with van der Waals surface area (Å²) in [6.07, 6.45) is 0.825. The third-order valence-electron chi connectivity index (χ3n) is 3.48. The monoisotopic (exact) mass is 293 g/mol. The highest BCUT2D eigenvalue weighted by molar-refractivity contribution is 5.83. The molecule has 1 aromatic rings. The maximum atomic E-state index is 11.8. The topological polar surface area (TPSA) is 75.6 Å². The first-order valence-corrected chi connectivity index (χ1v) is 7.16. The summed E-state index contributed by atoms with van der Waals surface area (Å²) >= 11 is 0. The summed E-state index contributed by atoms with van der Waals surface area (Å²) in [5.41, 5.74) is 1.00. The van der Waals surface area contributed by atoms with Crippen LogP contribution in [0.5, 0.6) is 5.75 Å². The van der Waals surface area contributed by atoms with Crippen LogP contribution in [0.25, 0.3) is 0 Å². The molecule has 0 aliphatic rings. The van der Waals surface area contributed by atoms with Gasteiger partial charge in [-0.3, -0.25) is 4.79 Å². The number of aryl methyl sites for hydroxylation is 1. The van der Waals surface area contributed by atoms with Gasteiger partial charge in [-0.2, -0.15) is 0 Å². The van der Waals surface area contributed by atoms with Gasteiger partial charge >= 0.3 is 5.97 Å². The fourth-order valence-electron chi connectivity index (χ4n) is 1.90. The van der Waals surface area contributed by atoms with Crippen molar-refractivity contribution in [2.75, 3.05) is 6.61 Å². The zero-order chi connectivity index (χ0) is 15.8. The van der Waals surface area contributed by atoms with Crippen molar-refractivity contribution in [1.29, 1.82) is 0 Å². The average Bonchev–Trinajstić information content (AvgIpc) is 2.45. The van der Waals surface area contributed by atoms with Crippen LogP contribution >= 0.6 is 0 Å². The summed E-state index contributed by atoms with van der Waals surface area (Å²) < 4.78 is 5.53. The number of carbonyl (C=O) groups is 2. The van der Waals surface area contributed by atoms with Gasteiger partial charge in [0.1, 0.15) is 11.8 Å². The lowest BCUT2D eigenvalue weighted by Crippen LogP contribution is -2.45. The first kappa shape index (κ1) is 17.0. The van der Waals surface area contributed by atoms with Crippen LogP contribution in [0.2, 0.25) is 0 Å². The Balaban J connectivity index is 2.43. The van der Waals surface area contributed by atoms with Gasteiger partial charge in [0.15, 0.2) is 0 Å². The highest BCUT2D eigenvalue weighted by Crippen LogP contribution is 2.16. The molecule has 2 N–H and O–H groups in total. The highest BCUT2D eigenvalue weighted by Gasteiger charge is 2.24. The van der Waals surface area contributed by atoms with Crippen LogP contribution in [0.1, 0.15) is 32.3 Å². The molecule has 0 radical (unpaired) electrons. The van der Waals surface area contributed by atoms with E-state index in [0.717, 1.165) is 11.3 Å². The Morgan fingerprint density at radius 3 is 2.57 bits per heavy atom. The van der Waals surface area contributed by atoms with Crippen molar-refractivity contribution in [3.05, 3.63) is 29.8 Å². The second-order valence-corrected chi connectivity index (χ2v) is 5.13. The van der Waals surface area contributed by atoms with Crippen molar-refractivity contribution in [2.24, 2.45) is 5.92 Å². The Labute approximate surface area is 125 Å². The predicted molar refractivity (Wildman–Crippen MR) is 80.3 cm³/mol. The number of amides is 1. The molecule has 0 aliphatic carbocycles. The van der Waals surface area contributed by atoms with Crippen LogP contribution in [-0.4, -0.2) is 29.6 Å². The lowest BCUT2D eigenvalue weighted by molar-refractivity contribution is -0.143. The van der Waals surface area contributed by atoms with Crippen LogP contribution in [0, 0.1) is 12.8 Å². The molecule has 5 heteroatoms. The minimum atomic E-state index is -1.00. The van der Waals surface area contributed by atoms with Crippen LogP contribution < -0.4 is 10.1 Å². The van der Waals surface area contributed by atoms with Gasteiger partial charge in [0, 0.05) is 0 Å². The van der Waals surface area contributed by atoms with Crippen LogP contribution in [-0.2, 0) is 9.59 Å². The largest absolute Gasteiger partial charge is 0.493 e. The van der Waals surface area contributed by atoms with E-state index in [-0.39, 0.29) is 24.9 Å². The molecule has 0 aliphatic heterocycles. The van der Waals surface area contributed by atoms with Gasteiger partial charge in [0.2, 0.25) is 5.91 Å². The number of benzene rings is 1. The van der Waals surface area contributed by atoms with Gasteiger partial charge in [-0.25, -0.2) is 4.79 Å². The third kappa shape index (κ3) is 5.45. The van der Waals surface area contributed by atoms with Crippen LogP contribution in [0.15, 0.2) is 24.3 Å². The second kappa shape index (κ2) is 8.29. The number of rotatable bonds is 8. The van der Waals surface area contributed by atoms with E-state index in [1.165, 1.54) is 0 Å². The van der Waals surface area contributed by atoms with Crippen molar-refractivity contribution < 1.29 is 19.4 Å². The molecule has 21 heavy (non-hydrogen) atoms. The molecular weight excluding hydrogens is 270 g/mol. The minimum Gasteiger partial charge on any atom is -0.493 e. The molecule has 1 rings (SSSR count). The van der Waals surface area contributed by atoms with Gasteiger partial charge in [-0.15, -0.1) is 0 Å². The molecule has 1 amide bonds. The van der Waals surface area contributed by atoms with E-state index >= 15 is 0 Å². The van der Waals surface area contributed by atoms with Gasteiger partial charge in [-0.05, 0) is 24.5 Å². The number of carbonyl (C=O) groups excluding carboxylic acids is 1. The smallest absolute Gasteiger partial charge is 0.326 e. The molecule has 5 nitrogen and oxygen atoms in total. The number of carboxylic acids is 1. The summed E-state index contributed by atoms with van der Waals surface area (Å²) in [6, 6.07) is 6.70. The third-order valence-corrected chi connectivity index (χ3v) is 3.48. The van der Waals surface area contributed by atoms with E-state index in [2.05, 4.69) is 5.32 Å². The van der Waals surface area contributed by atoms with E-state index in [9.17, 15) is 9.59 Å². The number of hydrogen-bond donors (Lipinski definition) is 2. The Kier molecular flexibility index (Phi) is 6.72. The molecule has 0 spiro atoms. The molecule has 0 aromatic heterocycles. The van der Waals surface area contributed by atoms with Gasteiger partial charge in [0.25, 0.3) is 0 Å². The molecular formula is C16H23NO4. The van der Waals surface area contributed by atoms with Crippen LogP contribution in [0.4, 0.5) is 0 Å². The Hall–Kier alpha value is -2.04. The number of aliphatic carboxylic acids is 1.